The molecule has 0 atom stereocenters. The molecule has 0 unspecified atom stereocenters. The molecule has 1 rings (SSSR count). The number of hydrogen-bond acceptors (Lipinski definition) is 3. The van der Waals surface area contributed by atoms with Gasteiger partial charge in [0.2, 0.25) is 5.76 Å². The molecule has 0 amide bonds. The van der Waals surface area contributed by atoms with Gasteiger partial charge in [0.25, 0.3) is 0 Å². The Labute approximate surface area is 59.6 Å². The lowest BCUT2D eigenvalue weighted by atomic mass is 10.2. The maximum absolute atomic E-state index is 10.8. The van der Waals surface area contributed by atoms with Gasteiger partial charge in [-0.05, 0) is 18.9 Å². The summed E-state index contributed by atoms with van der Waals surface area (Å²) in [4.78, 5) is 10.8. The molecule has 3 nitrogen and oxygen atoms in total. The summed E-state index contributed by atoms with van der Waals surface area (Å²) in [6.07, 6.45) is 3.65. The van der Waals surface area contributed by atoms with E-state index >= 15 is 0 Å². The van der Waals surface area contributed by atoms with Crippen LogP contribution in [0, 0.1) is 0 Å². The van der Waals surface area contributed by atoms with Gasteiger partial charge in [0.15, 0.2) is 0 Å². The third-order valence-electron chi connectivity index (χ3n) is 1.32. The SMILES string of the molecule is COC(=O)C1=CCCCO1. The van der Waals surface area contributed by atoms with Crippen LogP contribution in [-0.4, -0.2) is 19.7 Å². The van der Waals surface area contributed by atoms with Crippen LogP contribution >= 0.6 is 0 Å². The largest absolute Gasteiger partial charge is 0.487 e. The number of carbonyl (C=O) groups excluding carboxylic acids is 1. The average Bonchev–Trinajstić information content (AvgIpc) is 2.05. The number of rotatable bonds is 1. The molecule has 3 heteroatoms. The third kappa shape index (κ3) is 1.50. The summed E-state index contributed by atoms with van der Waals surface area (Å²) in [6.45, 7) is 0.626. The van der Waals surface area contributed by atoms with Crippen molar-refractivity contribution >= 4 is 5.97 Å². The highest BCUT2D eigenvalue weighted by molar-refractivity contribution is 5.86. The van der Waals surface area contributed by atoms with Gasteiger partial charge in [-0.1, -0.05) is 0 Å². The third-order valence-corrected chi connectivity index (χ3v) is 1.32. The van der Waals surface area contributed by atoms with Gasteiger partial charge in [0, 0.05) is 0 Å². The fraction of sp³-hybridized carbons (Fsp3) is 0.571. The van der Waals surface area contributed by atoms with Crippen LogP contribution in [-0.2, 0) is 14.3 Å². The fourth-order valence-corrected chi connectivity index (χ4v) is 0.800. The van der Waals surface area contributed by atoms with Gasteiger partial charge in [-0.3, -0.25) is 0 Å². The first-order valence-electron chi connectivity index (χ1n) is 3.26. The minimum absolute atomic E-state index is 0.355. The van der Waals surface area contributed by atoms with Crippen LogP contribution in [0.5, 0.6) is 0 Å². The Morgan fingerprint density at radius 3 is 3.10 bits per heavy atom. The van der Waals surface area contributed by atoms with Crippen LogP contribution in [0.1, 0.15) is 12.8 Å². The second kappa shape index (κ2) is 3.25. The second-order valence-corrected chi connectivity index (χ2v) is 2.05. The van der Waals surface area contributed by atoms with Gasteiger partial charge in [-0.15, -0.1) is 0 Å². The molecule has 0 fully saturated rings. The first kappa shape index (κ1) is 7.12. The average molecular weight is 142 g/mol. The quantitative estimate of drug-likeness (QED) is 0.509. The van der Waals surface area contributed by atoms with Crippen molar-refractivity contribution in [3.8, 4) is 0 Å². The highest BCUT2D eigenvalue weighted by atomic mass is 16.6. The summed E-state index contributed by atoms with van der Waals surface area (Å²) in [6, 6.07) is 0. The van der Waals surface area contributed by atoms with Crippen LogP contribution in [0.2, 0.25) is 0 Å². The smallest absolute Gasteiger partial charge is 0.372 e. The van der Waals surface area contributed by atoms with Crippen LogP contribution in [0.3, 0.4) is 0 Å². The zero-order valence-corrected chi connectivity index (χ0v) is 5.92. The van der Waals surface area contributed by atoms with Gasteiger partial charge >= 0.3 is 5.97 Å². The van der Waals surface area contributed by atoms with E-state index in [1.54, 1.807) is 6.08 Å². The number of methoxy groups -OCH3 is 1. The Morgan fingerprint density at radius 1 is 1.80 bits per heavy atom. The van der Waals surface area contributed by atoms with Crippen molar-refractivity contribution in [2.24, 2.45) is 0 Å². The summed E-state index contributed by atoms with van der Waals surface area (Å²) in [5.74, 6) is -0.0200. The molecule has 0 aromatic rings. The monoisotopic (exact) mass is 142 g/mol. The second-order valence-electron chi connectivity index (χ2n) is 2.05. The van der Waals surface area contributed by atoms with E-state index in [2.05, 4.69) is 4.74 Å². The van der Waals surface area contributed by atoms with E-state index in [1.807, 2.05) is 0 Å². The van der Waals surface area contributed by atoms with Gasteiger partial charge in [0.05, 0.1) is 13.7 Å². The van der Waals surface area contributed by atoms with E-state index in [1.165, 1.54) is 7.11 Å². The molecule has 0 bridgehead atoms. The Balaban J connectivity index is 2.53. The summed E-state index contributed by atoms with van der Waals surface area (Å²) in [7, 11) is 1.35. The van der Waals surface area contributed by atoms with Gasteiger partial charge < -0.3 is 9.47 Å². The number of allylic oxidation sites excluding steroid dienone is 1. The minimum atomic E-state index is -0.375. The molecular weight excluding hydrogens is 132 g/mol. The van der Waals surface area contributed by atoms with Crippen molar-refractivity contribution < 1.29 is 14.3 Å². The highest BCUT2D eigenvalue weighted by Crippen LogP contribution is 2.10. The molecule has 56 valence electrons. The lowest BCUT2D eigenvalue weighted by Gasteiger charge is -2.11. The van der Waals surface area contributed by atoms with Gasteiger partial charge in [0.1, 0.15) is 0 Å². The van der Waals surface area contributed by atoms with Crippen LogP contribution in [0.4, 0.5) is 0 Å². The standard InChI is InChI=1S/C7H10O3/c1-9-7(8)6-4-2-3-5-10-6/h4H,2-3,5H2,1H3. The van der Waals surface area contributed by atoms with E-state index in [0.29, 0.717) is 12.4 Å². The Morgan fingerprint density at radius 2 is 2.60 bits per heavy atom. The predicted molar refractivity (Wildman–Crippen MR) is 35.3 cm³/mol. The normalized spacial score (nSPS) is 17.1. The van der Waals surface area contributed by atoms with E-state index in [0.717, 1.165) is 12.8 Å². The molecule has 0 N–H and O–H groups in total. The summed E-state index contributed by atoms with van der Waals surface area (Å²) < 4.78 is 9.47. The van der Waals surface area contributed by atoms with Crippen molar-refractivity contribution in [2.45, 2.75) is 12.8 Å². The van der Waals surface area contributed by atoms with Gasteiger partial charge in [-0.2, -0.15) is 0 Å². The summed E-state index contributed by atoms with van der Waals surface area (Å²) in [5.41, 5.74) is 0. The first-order valence-corrected chi connectivity index (χ1v) is 3.26. The van der Waals surface area contributed by atoms with Crippen LogP contribution < -0.4 is 0 Å². The highest BCUT2D eigenvalue weighted by Gasteiger charge is 2.12. The van der Waals surface area contributed by atoms with E-state index < -0.39 is 0 Å². The van der Waals surface area contributed by atoms with Crippen LogP contribution in [0.15, 0.2) is 11.8 Å². The van der Waals surface area contributed by atoms with Crippen molar-refractivity contribution in [3.63, 3.8) is 0 Å². The Hall–Kier alpha value is -0.990. The summed E-state index contributed by atoms with van der Waals surface area (Å²) >= 11 is 0. The molecule has 0 aliphatic carbocycles. The number of ether oxygens (including phenoxy) is 2. The van der Waals surface area contributed by atoms with Crippen LogP contribution in [0.25, 0.3) is 0 Å². The minimum Gasteiger partial charge on any atom is -0.487 e. The number of carbonyl (C=O) groups is 1. The molecule has 1 aliphatic rings. The maximum Gasteiger partial charge on any atom is 0.372 e. The molecule has 0 spiro atoms. The Kier molecular flexibility index (Phi) is 2.31. The molecule has 10 heavy (non-hydrogen) atoms. The molecule has 1 aliphatic heterocycles. The van der Waals surface area contributed by atoms with E-state index in [-0.39, 0.29) is 5.97 Å². The zero-order valence-electron chi connectivity index (χ0n) is 5.92. The molecular formula is C7H10O3. The van der Waals surface area contributed by atoms with E-state index in [4.69, 9.17) is 4.74 Å². The molecule has 0 saturated carbocycles. The maximum atomic E-state index is 10.8. The van der Waals surface area contributed by atoms with Crippen molar-refractivity contribution in [1.29, 1.82) is 0 Å². The molecule has 0 saturated heterocycles. The lowest BCUT2D eigenvalue weighted by Crippen LogP contribution is -2.11. The molecule has 0 aromatic heterocycles. The summed E-state index contributed by atoms with van der Waals surface area (Å²) in [5, 5.41) is 0. The predicted octanol–water partition coefficient (Wildman–Crippen LogP) is 0.854. The van der Waals surface area contributed by atoms with Crippen molar-refractivity contribution in [3.05, 3.63) is 11.8 Å². The number of esters is 1. The number of hydrogen-bond donors (Lipinski definition) is 0. The topological polar surface area (TPSA) is 35.5 Å². The lowest BCUT2D eigenvalue weighted by molar-refractivity contribution is -0.140. The molecule has 0 aromatic carbocycles. The first-order chi connectivity index (χ1) is 4.84. The molecule has 0 radical (unpaired) electrons. The van der Waals surface area contributed by atoms with Crippen molar-refractivity contribution in [2.75, 3.05) is 13.7 Å². The van der Waals surface area contributed by atoms with E-state index in [9.17, 15) is 4.79 Å². The zero-order chi connectivity index (χ0) is 7.40. The van der Waals surface area contributed by atoms with Gasteiger partial charge in [-0.25, -0.2) is 4.79 Å². The van der Waals surface area contributed by atoms with Crippen molar-refractivity contribution in [1.82, 2.24) is 0 Å². The Bertz CT molecular complexity index is 160. The fourth-order valence-electron chi connectivity index (χ4n) is 0.800. The molecule has 1 heterocycles.